The van der Waals surface area contributed by atoms with E-state index >= 15 is 0 Å². The van der Waals surface area contributed by atoms with Gasteiger partial charge in [-0.15, -0.1) is 0 Å². The van der Waals surface area contributed by atoms with Crippen LogP contribution in [0, 0.1) is 0 Å². The molecule has 0 saturated carbocycles. The summed E-state index contributed by atoms with van der Waals surface area (Å²) in [6, 6.07) is 0. The van der Waals surface area contributed by atoms with Gasteiger partial charge in [0.15, 0.2) is 0 Å². The molecule has 0 aliphatic rings. The highest BCUT2D eigenvalue weighted by molar-refractivity contribution is 5.41. The van der Waals surface area contributed by atoms with Gasteiger partial charge in [-0.05, 0) is 0 Å². The van der Waals surface area contributed by atoms with Gasteiger partial charge < -0.3 is 4.90 Å². The summed E-state index contributed by atoms with van der Waals surface area (Å²) in [5.74, 6) is 6.54. The zero-order valence-corrected chi connectivity index (χ0v) is 9.31. The van der Waals surface area contributed by atoms with Crippen LogP contribution in [0.4, 0.5) is 17.8 Å². The Hall–Kier alpha value is -1.67. The fraction of sp³-hybridized carbons (Fsp3) is 0.571. The Labute approximate surface area is 88.4 Å². The molecule has 0 atom stereocenters. The van der Waals surface area contributed by atoms with Gasteiger partial charge >= 0.3 is 0 Å². The van der Waals surface area contributed by atoms with E-state index in [0.29, 0.717) is 17.8 Å². The zero-order valence-electron chi connectivity index (χ0n) is 9.31. The zero-order chi connectivity index (χ0) is 11.4. The van der Waals surface area contributed by atoms with E-state index in [1.807, 2.05) is 28.2 Å². The van der Waals surface area contributed by atoms with E-state index in [0.717, 1.165) is 0 Å². The van der Waals surface area contributed by atoms with Crippen LogP contribution in [0.3, 0.4) is 0 Å². The van der Waals surface area contributed by atoms with Crippen LogP contribution in [-0.2, 0) is 0 Å². The number of anilines is 3. The Morgan fingerprint density at radius 2 is 1.60 bits per heavy atom. The van der Waals surface area contributed by atoms with Crippen LogP contribution in [-0.4, -0.2) is 48.2 Å². The van der Waals surface area contributed by atoms with Crippen molar-refractivity contribution >= 4 is 17.8 Å². The minimum atomic E-state index is 0.318. The third kappa shape index (κ3) is 3.18. The van der Waals surface area contributed by atoms with Crippen LogP contribution in [0.2, 0.25) is 0 Å². The standard InChI is InChI=1S/C7H16N8/c1-14(2)7-10-5(12-8)9-6(11-7)13-15(3)4/h8H2,1-4H3,(H2,9,10,11,12,13). The molecule has 1 rings (SSSR count). The summed E-state index contributed by atoms with van der Waals surface area (Å²) in [7, 11) is 7.37. The highest BCUT2D eigenvalue weighted by Gasteiger charge is 2.07. The molecule has 0 fully saturated rings. The number of hydrogen-bond donors (Lipinski definition) is 3. The first-order valence-corrected chi connectivity index (χ1v) is 4.37. The maximum atomic E-state index is 5.26. The molecule has 0 bridgehead atoms. The summed E-state index contributed by atoms with van der Waals surface area (Å²) in [6.07, 6.45) is 0. The number of nitrogens with two attached hydrogens (primary N) is 1. The SMILES string of the molecule is CN(C)Nc1nc(NN)nc(N(C)C)n1. The Kier molecular flexibility index (Phi) is 3.58. The Morgan fingerprint density at radius 3 is 2.07 bits per heavy atom. The predicted molar refractivity (Wildman–Crippen MR) is 59.3 cm³/mol. The number of hydrazine groups is 2. The van der Waals surface area contributed by atoms with Gasteiger partial charge in [0.1, 0.15) is 0 Å². The molecule has 0 aliphatic carbocycles. The Balaban J connectivity index is 3.00. The first-order valence-electron chi connectivity index (χ1n) is 4.37. The second-order valence-electron chi connectivity index (χ2n) is 3.33. The molecule has 8 heteroatoms. The summed E-state index contributed by atoms with van der Waals surface area (Å²) in [5.41, 5.74) is 5.31. The first-order chi connectivity index (χ1) is 7.02. The van der Waals surface area contributed by atoms with Crippen LogP contribution in [0.15, 0.2) is 0 Å². The molecule has 4 N–H and O–H groups in total. The molecule has 0 spiro atoms. The molecular weight excluding hydrogens is 196 g/mol. The average Bonchev–Trinajstić information content (AvgIpc) is 2.16. The number of rotatable bonds is 4. The topological polar surface area (TPSA) is 95.2 Å². The van der Waals surface area contributed by atoms with Gasteiger partial charge in [0.25, 0.3) is 0 Å². The molecule has 0 saturated heterocycles. The summed E-state index contributed by atoms with van der Waals surface area (Å²) in [5, 5.41) is 1.73. The number of nitrogen functional groups attached to an aromatic ring is 1. The molecule has 1 heterocycles. The van der Waals surface area contributed by atoms with E-state index in [-0.39, 0.29) is 0 Å². The monoisotopic (exact) mass is 212 g/mol. The maximum Gasteiger partial charge on any atom is 0.244 e. The largest absolute Gasteiger partial charge is 0.347 e. The second kappa shape index (κ2) is 4.71. The van der Waals surface area contributed by atoms with Gasteiger partial charge in [-0.2, -0.15) is 15.0 Å². The molecule has 1 aromatic heterocycles. The van der Waals surface area contributed by atoms with E-state index in [2.05, 4.69) is 25.8 Å². The van der Waals surface area contributed by atoms with Crippen LogP contribution >= 0.6 is 0 Å². The van der Waals surface area contributed by atoms with E-state index in [4.69, 9.17) is 5.84 Å². The quantitative estimate of drug-likeness (QED) is 0.437. The molecule has 1 aromatic rings. The van der Waals surface area contributed by atoms with E-state index in [1.54, 1.807) is 9.91 Å². The summed E-state index contributed by atoms with van der Waals surface area (Å²) >= 11 is 0. The van der Waals surface area contributed by atoms with E-state index in [9.17, 15) is 0 Å². The molecule has 0 amide bonds. The molecule has 0 aromatic carbocycles. The molecule has 0 unspecified atom stereocenters. The van der Waals surface area contributed by atoms with Gasteiger partial charge in [-0.3, -0.25) is 10.9 Å². The lowest BCUT2D eigenvalue weighted by molar-refractivity contribution is 0.488. The third-order valence-corrected chi connectivity index (χ3v) is 1.48. The lowest BCUT2D eigenvalue weighted by atomic mass is 10.7. The molecular formula is C7H16N8. The van der Waals surface area contributed by atoms with Crippen LogP contribution in [0.25, 0.3) is 0 Å². The molecule has 0 aliphatic heterocycles. The fourth-order valence-corrected chi connectivity index (χ4v) is 0.879. The van der Waals surface area contributed by atoms with Crippen molar-refractivity contribution in [2.75, 3.05) is 43.9 Å². The summed E-state index contributed by atoms with van der Waals surface area (Å²) in [6.45, 7) is 0. The van der Waals surface area contributed by atoms with Gasteiger partial charge in [0.05, 0.1) is 0 Å². The fourth-order valence-electron chi connectivity index (χ4n) is 0.879. The van der Waals surface area contributed by atoms with Crippen molar-refractivity contribution in [2.45, 2.75) is 0 Å². The predicted octanol–water partition coefficient (Wildman–Crippen LogP) is -0.888. The van der Waals surface area contributed by atoms with E-state index < -0.39 is 0 Å². The number of aromatic nitrogens is 3. The van der Waals surface area contributed by atoms with E-state index in [1.165, 1.54) is 0 Å². The number of hydrogen-bond acceptors (Lipinski definition) is 8. The Bertz CT molecular complexity index is 323. The highest BCUT2D eigenvalue weighted by atomic mass is 15.5. The Morgan fingerprint density at radius 1 is 1.00 bits per heavy atom. The van der Waals surface area contributed by atoms with Crippen molar-refractivity contribution in [3.05, 3.63) is 0 Å². The van der Waals surface area contributed by atoms with Gasteiger partial charge in [-0.25, -0.2) is 10.9 Å². The maximum absolute atomic E-state index is 5.26. The summed E-state index contributed by atoms with van der Waals surface area (Å²) < 4.78 is 0. The van der Waals surface area contributed by atoms with Gasteiger partial charge in [-0.1, -0.05) is 0 Å². The molecule has 84 valence electrons. The number of nitrogens with zero attached hydrogens (tertiary/aromatic N) is 5. The van der Waals surface area contributed by atoms with Crippen molar-refractivity contribution in [1.29, 1.82) is 0 Å². The number of nitrogens with one attached hydrogen (secondary N) is 2. The first kappa shape index (κ1) is 11.4. The average molecular weight is 212 g/mol. The minimum Gasteiger partial charge on any atom is -0.347 e. The third-order valence-electron chi connectivity index (χ3n) is 1.48. The van der Waals surface area contributed by atoms with Crippen molar-refractivity contribution < 1.29 is 0 Å². The smallest absolute Gasteiger partial charge is 0.244 e. The molecule has 0 radical (unpaired) electrons. The highest BCUT2D eigenvalue weighted by Crippen LogP contribution is 2.10. The van der Waals surface area contributed by atoms with Gasteiger partial charge in [0, 0.05) is 28.2 Å². The lowest BCUT2D eigenvalue weighted by Crippen LogP contribution is -2.24. The molecule has 15 heavy (non-hydrogen) atoms. The second-order valence-corrected chi connectivity index (χ2v) is 3.33. The van der Waals surface area contributed by atoms with Gasteiger partial charge in [0.2, 0.25) is 17.8 Å². The van der Waals surface area contributed by atoms with Crippen molar-refractivity contribution in [3.63, 3.8) is 0 Å². The van der Waals surface area contributed by atoms with Crippen molar-refractivity contribution in [2.24, 2.45) is 5.84 Å². The lowest BCUT2D eigenvalue weighted by Gasteiger charge is -2.15. The minimum absolute atomic E-state index is 0.318. The van der Waals surface area contributed by atoms with Crippen LogP contribution < -0.4 is 21.6 Å². The van der Waals surface area contributed by atoms with Crippen LogP contribution in [0.1, 0.15) is 0 Å². The summed E-state index contributed by atoms with van der Waals surface area (Å²) in [4.78, 5) is 14.0. The van der Waals surface area contributed by atoms with Crippen molar-refractivity contribution in [3.8, 4) is 0 Å². The van der Waals surface area contributed by atoms with Crippen LogP contribution in [0.5, 0.6) is 0 Å². The molecule has 8 nitrogen and oxygen atoms in total. The van der Waals surface area contributed by atoms with Crippen molar-refractivity contribution in [1.82, 2.24) is 20.0 Å². The normalized spacial score (nSPS) is 10.3.